The van der Waals surface area contributed by atoms with E-state index in [1.807, 2.05) is 30.3 Å². The summed E-state index contributed by atoms with van der Waals surface area (Å²) in [6, 6.07) is 16.5. The fourth-order valence-electron chi connectivity index (χ4n) is 4.65. The maximum absolute atomic E-state index is 14.1. The van der Waals surface area contributed by atoms with E-state index < -0.39 is 29.2 Å². The third kappa shape index (κ3) is 5.06. The highest BCUT2D eigenvalue weighted by Crippen LogP contribution is 2.51. The van der Waals surface area contributed by atoms with Crippen molar-refractivity contribution in [3.8, 4) is 21.0 Å². The maximum atomic E-state index is 14.1. The van der Waals surface area contributed by atoms with Crippen molar-refractivity contribution >= 4 is 50.0 Å². The lowest BCUT2D eigenvalue weighted by Crippen LogP contribution is -2.20. The van der Waals surface area contributed by atoms with Gasteiger partial charge in [0.2, 0.25) is 0 Å². The molecule has 0 spiro atoms. The van der Waals surface area contributed by atoms with Crippen LogP contribution in [0.4, 0.5) is 23.8 Å². The minimum absolute atomic E-state index is 0.000379. The van der Waals surface area contributed by atoms with Gasteiger partial charge in [-0.1, -0.05) is 47.7 Å². The number of carboxylic acid groups (broad SMARTS) is 1. The first kappa shape index (κ1) is 27.0. The Morgan fingerprint density at radius 3 is 2.39 bits per heavy atom. The highest BCUT2D eigenvalue weighted by atomic mass is 32.1. The number of anilines is 1. The van der Waals surface area contributed by atoms with Gasteiger partial charge in [-0.15, -0.1) is 27.8 Å². The van der Waals surface area contributed by atoms with Crippen molar-refractivity contribution in [3.05, 3.63) is 77.4 Å². The molecule has 13 heteroatoms. The van der Waals surface area contributed by atoms with Crippen LogP contribution in [0, 0.1) is 0 Å². The Bertz CT molecular complexity index is 1760. The normalized spacial score (nSPS) is 14.2. The molecule has 1 fully saturated rings. The molecule has 1 amide bonds. The predicted molar refractivity (Wildman–Crippen MR) is 149 cm³/mol. The van der Waals surface area contributed by atoms with Crippen molar-refractivity contribution in [1.29, 1.82) is 0 Å². The predicted octanol–water partition coefficient (Wildman–Crippen LogP) is 7.31. The molecule has 41 heavy (non-hydrogen) atoms. The monoisotopic (exact) mass is 598 g/mol. The molecule has 3 aromatic heterocycles. The number of aromatic nitrogens is 3. The van der Waals surface area contributed by atoms with E-state index in [2.05, 4.69) is 15.6 Å². The van der Waals surface area contributed by atoms with Crippen LogP contribution in [0.3, 0.4) is 0 Å². The van der Waals surface area contributed by atoms with Crippen LogP contribution >= 0.6 is 22.7 Å². The second-order valence-electron chi connectivity index (χ2n) is 9.69. The van der Waals surface area contributed by atoms with Gasteiger partial charge in [0, 0.05) is 26.9 Å². The average Bonchev–Trinajstić information content (AvgIpc) is 3.36. The van der Waals surface area contributed by atoms with Crippen LogP contribution in [-0.4, -0.2) is 32.2 Å². The number of nitrogens with one attached hydrogen (secondary N) is 1. The quantitative estimate of drug-likeness (QED) is 0.204. The summed E-state index contributed by atoms with van der Waals surface area (Å²) in [7, 11) is 1.62. The molecule has 2 aromatic carbocycles. The van der Waals surface area contributed by atoms with Gasteiger partial charge in [-0.05, 0) is 42.2 Å². The van der Waals surface area contributed by atoms with Crippen LogP contribution in [0.5, 0.6) is 0 Å². The van der Waals surface area contributed by atoms with Gasteiger partial charge in [0.25, 0.3) is 0 Å². The zero-order chi connectivity index (χ0) is 28.9. The summed E-state index contributed by atoms with van der Waals surface area (Å²) in [6.07, 6.45) is -4.70. The van der Waals surface area contributed by atoms with E-state index in [-0.39, 0.29) is 17.7 Å². The first-order chi connectivity index (χ1) is 19.5. The summed E-state index contributed by atoms with van der Waals surface area (Å²) in [6.45, 7) is 0.0863. The van der Waals surface area contributed by atoms with E-state index in [1.165, 1.54) is 39.5 Å². The third-order valence-electron chi connectivity index (χ3n) is 7.00. The smallest absolute Gasteiger partial charge is 0.417 e. The summed E-state index contributed by atoms with van der Waals surface area (Å²) in [4.78, 5) is 25.2. The van der Waals surface area contributed by atoms with Crippen molar-refractivity contribution in [2.24, 2.45) is 7.05 Å². The summed E-state index contributed by atoms with van der Waals surface area (Å²) in [5.41, 5.74) is -0.682. The van der Waals surface area contributed by atoms with Crippen molar-refractivity contribution in [3.63, 3.8) is 0 Å². The van der Waals surface area contributed by atoms with Gasteiger partial charge in [-0.3, -0.25) is 10.1 Å². The van der Waals surface area contributed by atoms with Crippen LogP contribution in [0.25, 0.3) is 30.4 Å². The van der Waals surface area contributed by atoms with Crippen LogP contribution in [-0.2, 0) is 34.8 Å². The molecule has 3 heterocycles. The van der Waals surface area contributed by atoms with Crippen molar-refractivity contribution in [2.75, 3.05) is 5.32 Å². The van der Waals surface area contributed by atoms with E-state index in [0.29, 0.717) is 34.1 Å². The van der Waals surface area contributed by atoms with Crippen LogP contribution in [0.2, 0.25) is 0 Å². The van der Waals surface area contributed by atoms with Crippen LogP contribution in [0.15, 0.2) is 60.7 Å². The van der Waals surface area contributed by atoms with Gasteiger partial charge in [-0.25, -0.2) is 9.48 Å². The number of thiophene rings is 2. The summed E-state index contributed by atoms with van der Waals surface area (Å²) < 4.78 is 50.5. The molecule has 1 aliphatic rings. The van der Waals surface area contributed by atoms with Gasteiger partial charge in [0.15, 0.2) is 5.82 Å². The number of amides is 1. The minimum Gasteiger partial charge on any atom is -0.481 e. The molecule has 1 saturated carbocycles. The number of nitrogens with zero attached hydrogens (tertiary/aromatic N) is 3. The largest absolute Gasteiger partial charge is 0.481 e. The fourth-order valence-corrected chi connectivity index (χ4v) is 7.07. The van der Waals surface area contributed by atoms with Gasteiger partial charge in [-0.2, -0.15) is 13.2 Å². The SMILES string of the molecule is Cn1nnc(-c2cc3sc(-c4ccc(C5(C(=O)O)CC5)cc4C(F)(F)F)cc3s2)c1NC(=O)OCc1ccccc1. The molecule has 0 atom stereocenters. The Morgan fingerprint density at radius 2 is 1.73 bits per heavy atom. The lowest BCUT2D eigenvalue weighted by molar-refractivity contribution is -0.141. The molecule has 1 aliphatic carbocycles. The maximum Gasteiger partial charge on any atom is 0.417 e. The lowest BCUT2D eigenvalue weighted by Gasteiger charge is -2.17. The highest BCUT2D eigenvalue weighted by molar-refractivity contribution is 7.31. The standard InChI is InChI=1S/C28H21F3N4O4S2/c1-35-24(32-26(38)39-14-15-5-3-2-4-6-15)23(33-34-35)22-13-21-20(41-22)12-19(40-21)17-8-7-16(11-18(17)28(29,30)31)27(9-10-27)25(36)37/h2-8,11-13H,9-10,14H2,1H3,(H,32,38)(H,36,37). The molecule has 0 unspecified atom stereocenters. The molecule has 6 rings (SSSR count). The minimum atomic E-state index is -4.65. The molecule has 5 aromatic rings. The number of hydrogen-bond acceptors (Lipinski definition) is 7. The Kier molecular flexibility index (Phi) is 6.57. The second kappa shape index (κ2) is 10.00. The van der Waals surface area contributed by atoms with E-state index in [9.17, 15) is 27.9 Å². The summed E-state index contributed by atoms with van der Waals surface area (Å²) >= 11 is 2.50. The second-order valence-corrected chi connectivity index (χ2v) is 11.9. The number of hydrogen-bond donors (Lipinski definition) is 2. The molecule has 210 valence electrons. The van der Waals surface area contributed by atoms with E-state index in [4.69, 9.17) is 4.74 Å². The van der Waals surface area contributed by atoms with Crippen molar-refractivity contribution in [2.45, 2.75) is 31.0 Å². The van der Waals surface area contributed by atoms with Crippen molar-refractivity contribution < 1.29 is 32.6 Å². The van der Waals surface area contributed by atoms with Crippen LogP contribution in [0.1, 0.15) is 29.5 Å². The molecule has 0 saturated heterocycles. The summed E-state index contributed by atoms with van der Waals surface area (Å²) in [5, 5.41) is 20.4. The number of halogens is 3. The molecule has 0 bridgehead atoms. The first-order valence-electron chi connectivity index (χ1n) is 12.4. The molecular weight excluding hydrogens is 577 g/mol. The van der Waals surface area contributed by atoms with E-state index >= 15 is 0 Å². The van der Waals surface area contributed by atoms with E-state index in [0.717, 1.165) is 21.0 Å². The Morgan fingerprint density at radius 1 is 1.05 bits per heavy atom. The molecular formula is C28H21F3N4O4S2. The topological polar surface area (TPSA) is 106 Å². The Labute approximate surface area is 239 Å². The fraction of sp³-hybridized carbons (Fsp3) is 0.214. The number of aliphatic carboxylic acids is 1. The van der Waals surface area contributed by atoms with Gasteiger partial charge >= 0.3 is 18.2 Å². The number of carbonyl (C=O) groups is 2. The number of carbonyl (C=O) groups excluding carboxylic acids is 1. The Hall–Kier alpha value is -4.23. The van der Waals surface area contributed by atoms with Crippen molar-refractivity contribution in [1.82, 2.24) is 15.0 Å². The van der Waals surface area contributed by atoms with Gasteiger partial charge in [0.1, 0.15) is 12.3 Å². The number of aryl methyl sites for hydroxylation is 1. The van der Waals surface area contributed by atoms with E-state index in [1.54, 1.807) is 19.2 Å². The number of benzene rings is 2. The van der Waals surface area contributed by atoms with Gasteiger partial charge < -0.3 is 9.84 Å². The zero-order valence-corrected chi connectivity index (χ0v) is 23.0. The summed E-state index contributed by atoms with van der Waals surface area (Å²) in [5.74, 6) is -0.788. The highest BCUT2D eigenvalue weighted by Gasteiger charge is 2.52. The number of carboxylic acids is 1. The number of rotatable bonds is 7. The lowest BCUT2D eigenvalue weighted by atomic mass is 9.92. The van der Waals surface area contributed by atoms with Crippen LogP contribution < -0.4 is 5.32 Å². The first-order valence-corrected chi connectivity index (χ1v) is 14.0. The molecule has 2 N–H and O–H groups in total. The Balaban J connectivity index is 1.27. The number of alkyl halides is 3. The molecule has 0 aliphatic heterocycles. The molecule has 8 nitrogen and oxygen atoms in total. The zero-order valence-electron chi connectivity index (χ0n) is 21.4. The number of fused-ring (bicyclic) bond motifs is 1. The average molecular weight is 599 g/mol. The number of ether oxygens (including phenoxy) is 1. The van der Waals surface area contributed by atoms with Gasteiger partial charge in [0.05, 0.1) is 15.9 Å². The molecule has 0 radical (unpaired) electrons. The third-order valence-corrected chi connectivity index (χ3v) is 9.34.